The molecule has 0 amide bonds. The van der Waals surface area contributed by atoms with Crippen molar-refractivity contribution in [3.05, 3.63) is 59.9 Å². The lowest BCUT2D eigenvalue weighted by Crippen LogP contribution is -2.22. The number of hydrogen-bond acceptors (Lipinski definition) is 3. The van der Waals surface area contributed by atoms with Crippen molar-refractivity contribution in [3.8, 4) is 0 Å². The van der Waals surface area contributed by atoms with E-state index in [1.807, 2.05) is 42.5 Å². The maximum atomic E-state index is 12.0. The standard InChI is InChI=1S/C14H10N2O/c17-13-9-10-5-1-2-6-11(10)16-14(13)12-7-3-4-8-15-12/h1-8H,9H2. The van der Waals surface area contributed by atoms with E-state index in [-0.39, 0.29) is 5.78 Å². The second kappa shape index (κ2) is 3.94. The Hall–Kier alpha value is -2.29. The molecule has 17 heavy (non-hydrogen) atoms. The van der Waals surface area contributed by atoms with Gasteiger partial charge in [0.05, 0.1) is 11.4 Å². The van der Waals surface area contributed by atoms with E-state index in [2.05, 4.69) is 9.98 Å². The number of nitrogens with zero attached hydrogens (tertiary/aromatic N) is 2. The zero-order valence-electron chi connectivity index (χ0n) is 9.13. The van der Waals surface area contributed by atoms with Crippen LogP contribution in [0, 0.1) is 0 Å². The fourth-order valence-electron chi connectivity index (χ4n) is 1.91. The van der Waals surface area contributed by atoms with E-state index in [0.29, 0.717) is 17.8 Å². The molecule has 0 saturated heterocycles. The zero-order chi connectivity index (χ0) is 11.7. The molecule has 2 heterocycles. The van der Waals surface area contributed by atoms with Crippen molar-refractivity contribution < 1.29 is 4.79 Å². The Kier molecular flexibility index (Phi) is 2.29. The zero-order valence-corrected chi connectivity index (χ0v) is 9.13. The molecule has 0 radical (unpaired) electrons. The van der Waals surface area contributed by atoms with E-state index in [0.717, 1.165) is 11.3 Å². The van der Waals surface area contributed by atoms with Crippen LogP contribution in [0.4, 0.5) is 5.69 Å². The van der Waals surface area contributed by atoms with Crippen LogP contribution in [0.3, 0.4) is 0 Å². The summed E-state index contributed by atoms with van der Waals surface area (Å²) in [6, 6.07) is 13.2. The number of carbonyl (C=O) groups excluding carboxylic acids is 1. The normalized spacial score (nSPS) is 14.1. The molecule has 1 aromatic carbocycles. The van der Waals surface area contributed by atoms with Gasteiger partial charge in [-0.1, -0.05) is 24.3 Å². The lowest BCUT2D eigenvalue weighted by molar-refractivity contribution is -0.112. The number of Topliss-reactive ketones (excluding diaryl/α,β-unsaturated/α-hetero) is 1. The Morgan fingerprint density at radius 1 is 1.00 bits per heavy atom. The topological polar surface area (TPSA) is 42.3 Å². The van der Waals surface area contributed by atoms with Gasteiger partial charge in [-0.2, -0.15) is 0 Å². The van der Waals surface area contributed by atoms with Gasteiger partial charge >= 0.3 is 0 Å². The molecule has 0 bridgehead atoms. The first-order valence-corrected chi connectivity index (χ1v) is 5.46. The minimum absolute atomic E-state index is 0.0300. The van der Waals surface area contributed by atoms with Crippen LogP contribution >= 0.6 is 0 Å². The number of fused-ring (bicyclic) bond motifs is 1. The Balaban J connectivity index is 2.13. The second-order valence-electron chi connectivity index (χ2n) is 3.90. The second-order valence-corrected chi connectivity index (χ2v) is 3.90. The molecule has 0 N–H and O–H groups in total. The smallest absolute Gasteiger partial charge is 0.187 e. The highest BCUT2D eigenvalue weighted by molar-refractivity contribution is 6.47. The maximum absolute atomic E-state index is 12.0. The van der Waals surface area contributed by atoms with Gasteiger partial charge in [0.2, 0.25) is 0 Å². The summed E-state index contributed by atoms with van der Waals surface area (Å²) in [4.78, 5) is 20.6. The van der Waals surface area contributed by atoms with Crippen LogP contribution in [-0.4, -0.2) is 16.5 Å². The van der Waals surface area contributed by atoms with E-state index in [1.54, 1.807) is 6.20 Å². The van der Waals surface area contributed by atoms with Gasteiger partial charge in [-0.05, 0) is 23.8 Å². The number of carbonyl (C=O) groups is 1. The van der Waals surface area contributed by atoms with Crippen LogP contribution in [-0.2, 0) is 11.2 Å². The largest absolute Gasteiger partial charge is 0.292 e. The molecular weight excluding hydrogens is 212 g/mol. The van der Waals surface area contributed by atoms with Crippen molar-refractivity contribution in [2.75, 3.05) is 0 Å². The van der Waals surface area contributed by atoms with Crippen LogP contribution < -0.4 is 0 Å². The first-order chi connectivity index (χ1) is 8.34. The van der Waals surface area contributed by atoms with Gasteiger partial charge in [0.15, 0.2) is 5.78 Å². The summed E-state index contributed by atoms with van der Waals surface area (Å²) in [6.45, 7) is 0. The number of rotatable bonds is 1. The molecule has 3 heteroatoms. The summed E-state index contributed by atoms with van der Waals surface area (Å²) < 4.78 is 0. The first-order valence-electron chi connectivity index (χ1n) is 5.46. The Labute approximate surface area is 98.9 Å². The third-order valence-electron chi connectivity index (χ3n) is 2.75. The average molecular weight is 222 g/mol. The summed E-state index contributed by atoms with van der Waals surface area (Å²) >= 11 is 0. The molecular formula is C14H10N2O. The average Bonchev–Trinajstić information content (AvgIpc) is 2.39. The third kappa shape index (κ3) is 1.76. The van der Waals surface area contributed by atoms with Gasteiger partial charge < -0.3 is 0 Å². The number of hydrogen-bond donors (Lipinski definition) is 0. The van der Waals surface area contributed by atoms with Crippen molar-refractivity contribution in [1.82, 2.24) is 4.98 Å². The lowest BCUT2D eigenvalue weighted by Gasteiger charge is -2.13. The van der Waals surface area contributed by atoms with E-state index in [4.69, 9.17) is 0 Å². The summed E-state index contributed by atoms with van der Waals surface area (Å²) in [6.07, 6.45) is 2.08. The van der Waals surface area contributed by atoms with Gasteiger partial charge in [-0.3, -0.25) is 9.78 Å². The minimum atomic E-state index is 0.0300. The molecule has 0 atom stereocenters. The number of benzene rings is 1. The number of ketones is 1. The molecule has 0 unspecified atom stereocenters. The molecule has 3 rings (SSSR count). The number of aliphatic imine (C=N–C) groups is 1. The molecule has 1 aliphatic rings. The van der Waals surface area contributed by atoms with E-state index in [9.17, 15) is 4.79 Å². The minimum Gasteiger partial charge on any atom is -0.292 e. The highest BCUT2D eigenvalue weighted by Crippen LogP contribution is 2.25. The van der Waals surface area contributed by atoms with Gasteiger partial charge in [0.25, 0.3) is 0 Å². The number of pyridine rings is 1. The van der Waals surface area contributed by atoms with Crippen molar-refractivity contribution in [3.63, 3.8) is 0 Å². The van der Waals surface area contributed by atoms with Gasteiger partial charge in [-0.25, -0.2) is 4.99 Å². The molecule has 82 valence electrons. The van der Waals surface area contributed by atoms with Gasteiger partial charge in [0, 0.05) is 12.6 Å². The fourth-order valence-corrected chi connectivity index (χ4v) is 1.91. The van der Waals surface area contributed by atoms with Gasteiger partial charge in [-0.15, -0.1) is 0 Å². The highest BCUT2D eigenvalue weighted by Gasteiger charge is 2.21. The van der Waals surface area contributed by atoms with Crippen LogP contribution in [0.1, 0.15) is 11.3 Å². The summed E-state index contributed by atoms with van der Waals surface area (Å²) in [5.74, 6) is 0.0300. The molecule has 0 spiro atoms. The molecule has 0 saturated carbocycles. The molecule has 3 nitrogen and oxygen atoms in total. The fraction of sp³-hybridized carbons (Fsp3) is 0.0714. The Morgan fingerprint density at radius 2 is 1.82 bits per heavy atom. The van der Waals surface area contributed by atoms with Crippen LogP contribution in [0.5, 0.6) is 0 Å². The summed E-state index contributed by atoms with van der Waals surface area (Å²) in [7, 11) is 0. The van der Waals surface area contributed by atoms with Crippen molar-refractivity contribution in [2.24, 2.45) is 4.99 Å². The number of para-hydroxylation sites is 1. The van der Waals surface area contributed by atoms with Crippen LogP contribution in [0.25, 0.3) is 0 Å². The summed E-state index contributed by atoms with van der Waals surface area (Å²) in [5.41, 5.74) is 2.96. The van der Waals surface area contributed by atoms with Crippen molar-refractivity contribution in [2.45, 2.75) is 6.42 Å². The predicted molar refractivity (Wildman–Crippen MR) is 65.6 cm³/mol. The third-order valence-corrected chi connectivity index (χ3v) is 2.75. The lowest BCUT2D eigenvalue weighted by atomic mass is 9.98. The molecule has 1 aliphatic heterocycles. The van der Waals surface area contributed by atoms with E-state index < -0.39 is 0 Å². The SMILES string of the molecule is O=C1Cc2ccccc2N=C1c1ccccn1. The predicted octanol–water partition coefficient (Wildman–Crippen LogP) is 2.33. The molecule has 0 aliphatic carbocycles. The van der Waals surface area contributed by atoms with Crippen LogP contribution in [0.2, 0.25) is 0 Å². The molecule has 0 fully saturated rings. The Morgan fingerprint density at radius 3 is 2.65 bits per heavy atom. The quantitative estimate of drug-likeness (QED) is 0.743. The first kappa shape index (κ1) is 9.90. The molecule has 2 aromatic rings. The maximum Gasteiger partial charge on any atom is 0.187 e. The number of aromatic nitrogens is 1. The van der Waals surface area contributed by atoms with Crippen LogP contribution in [0.15, 0.2) is 53.7 Å². The monoisotopic (exact) mass is 222 g/mol. The van der Waals surface area contributed by atoms with Crippen molar-refractivity contribution >= 4 is 17.2 Å². The van der Waals surface area contributed by atoms with E-state index >= 15 is 0 Å². The highest BCUT2D eigenvalue weighted by atomic mass is 16.1. The summed E-state index contributed by atoms with van der Waals surface area (Å²) in [5, 5.41) is 0. The Bertz CT molecular complexity index is 603. The van der Waals surface area contributed by atoms with E-state index in [1.165, 1.54) is 0 Å². The van der Waals surface area contributed by atoms with Gasteiger partial charge in [0.1, 0.15) is 5.71 Å². The van der Waals surface area contributed by atoms with Crippen molar-refractivity contribution in [1.29, 1.82) is 0 Å². The molecule has 1 aromatic heterocycles.